The van der Waals surface area contributed by atoms with E-state index < -0.39 is 0 Å². The Labute approximate surface area is 242 Å². The van der Waals surface area contributed by atoms with E-state index in [1.54, 1.807) is 0 Å². The van der Waals surface area contributed by atoms with Crippen molar-refractivity contribution in [1.82, 2.24) is 19.7 Å². The number of aromatic nitrogens is 1. The lowest BCUT2D eigenvalue weighted by Crippen LogP contribution is -2.26. The van der Waals surface area contributed by atoms with Crippen LogP contribution in [0.15, 0.2) is 66.9 Å². The Balaban J connectivity index is 0.000000501. The van der Waals surface area contributed by atoms with Crippen LogP contribution in [-0.2, 0) is 39.0 Å². The fourth-order valence-electron chi connectivity index (χ4n) is 4.65. The highest BCUT2D eigenvalue weighted by molar-refractivity contribution is 5.30. The maximum atomic E-state index is 4.33. The third kappa shape index (κ3) is 12.5. The summed E-state index contributed by atoms with van der Waals surface area (Å²) in [7, 11) is 6.48. The molecule has 4 heterocycles. The Morgan fingerprint density at radius 2 is 0.872 bits per heavy atom. The standard InChI is InChI=1S/C10H13N.C9H12N2.C9H11N.3C2H6.CH4/c1-11-7-6-9-4-2-3-5-10(9)8-11;1-11-6-4-9-8(7-11)3-2-5-10-9;1-10-6-8-4-2-3-5-9(8)7-10;3*1-2;/h2-5H,6-8H2,1H3;2-3,5H,4,6-7H2,1H3;2-5H,6-7H2,1H3;3*1-2H3;1H4. The largest absolute Gasteiger partial charge is 0.302 e. The summed E-state index contributed by atoms with van der Waals surface area (Å²) in [5, 5.41) is 0. The van der Waals surface area contributed by atoms with Gasteiger partial charge in [0.15, 0.2) is 0 Å². The Morgan fingerprint density at radius 1 is 0.487 bits per heavy atom. The minimum absolute atomic E-state index is 0. The lowest BCUT2D eigenvalue weighted by molar-refractivity contribution is 0.310. The summed E-state index contributed by atoms with van der Waals surface area (Å²) < 4.78 is 0. The maximum absolute atomic E-state index is 4.33. The van der Waals surface area contributed by atoms with E-state index in [-0.39, 0.29) is 7.43 Å². The second-order valence-electron chi connectivity index (χ2n) is 9.29. The molecule has 0 bridgehead atoms. The lowest BCUT2D eigenvalue weighted by atomic mass is 10.0. The topological polar surface area (TPSA) is 22.6 Å². The van der Waals surface area contributed by atoms with Gasteiger partial charge in [-0.05, 0) is 61.4 Å². The first-order chi connectivity index (χ1) is 18.6. The fourth-order valence-corrected chi connectivity index (χ4v) is 4.65. The highest BCUT2D eigenvalue weighted by Gasteiger charge is 2.13. The molecule has 0 saturated heterocycles. The van der Waals surface area contributed by atoms with Crippen molar-refractivity contribution in [1.29, 1.82) is 0 Å². The zero-order valence-corrected chi connectivity index (χ0v) is 25.8. The van der Waals surface area contributed by atoms with Crippen LogP contribution in [-0.4, -0.2) is 53.9 Å². The van der Waals surface area contributed by atoms with Gasteiger partial charge in [-0.2, -0.15) is 0 Å². The Hall–Kier alpha value is -2.53. The summed E-state index contributed by atoms with van der Waals surface area (Å²) in [6.45, 7) is 18.8. The van der Waals surface area contributed by atoms with Gasteiger partial charge >= 0.3 is 0 Å². The molecule has 0 aliphatic carbocycles. The summed E-state index contributed by atoms with van der Waals surface area (Å²) in [5.41, 5.74) is 8.69. The zero-order valence-electron chi connectivity index (χ0n) is 25.8. The van der Waals surface area contributed by atoms with E-state index in [4.69, 9.17) is 0 Å². The molecule has 0 fully saturated rings. The van der Waals surface area contributed by atoms with Crippen molar-refractivity contribution >= 4 is 0 Å². The van der Waals surface area contributed by atoms with E-state index in [1.165, 1.54) is 46.5 Å². The third-order valence-electron chi connectivity index (χ3n) is 6.48. The summed E-state index contributed by atoms with van der Waals surface area (Å²) in [6.07, 6.45) is 4.20. The zero-order chi connectivity index (χ0) is 28.3. The quantitative estimate of drug-likeness (QED) is 0.291. The van der Waals surface area contributed by atoms with Crippen LogP contribution in [0.3, 0.4) is 0 Å². The summed E-state index contributed by atoms with van der Waals surface area (Å²) in [4.78, 5) is 11.3. The molecular formula is C35H58N4. The minimum atomic E-state index is 0. The Bertz CT molecular complexity index is 936. The Morgan fingerprint density at radius 3 is 1.41 bits per heavy atom. The lowest BCUT2D eigenvalue weighted by Gasteiger charge is -2.24. The van der Waals surface area contributed by atoms with E-state index in [0.717, 1.165) is 39.1 Å². The van der Waals surface area contributed by atoms with E-state index in [1.807, 2.05) is 53.8 Å². The van der Waals surface area contributed by atoms with Gasteiger partial charge in [-0.15, -0.1) is 0 Å². The molecule has 0 saturated carbocycles. The van der Waals surface area contributed by atoms with E-state index in [2.05, 4.69) is 95.4 Å². The van der Waals surface area contributed by atoms with Gasteiger partial charge in [-0.25, -0.2) is 0 Å². The van der Waals surface area contributed by atoms with E-state index >= 15 is 0 Å². The van der Waals surface area contributed by atoms with Gasteiger partial charge in [-0.3, -0.25) is 9.88 Å². The van der Waals surface area contributed by atoms with E-state index in [0.29, 0.717) is 0 Å². The van der Waals surface area contributed by atoms with E-state index in [9.17, 15) is 0 Å². The highest BCUT2D eigenvalue weighted by Crippen LogP contribution is 2.20. The van der Waals surface area contributed by atoms with Crippen molar-refractivity contribution in [2.75, 3.05) is 34.2 Å². The molecule has 3 aromatic rings. The molecule has 3 aliphatic heterocycles. The van der Waals surface area contributed by atoms with Crippen LogP contribution < -0.4 is 0 Å². The predicted octanol–water partition coefficient (Wildman–Crippen LogP) is 8.09. The van der Waals surface area contributed by atoms with Crippen LogP contribution in [0.1, 0.15) is 82.5 Å². The SMILES string of the molecule is C.CC.CC.CC.CN1CCc2ccccc2C1.CN1CCc2ncccc2C1.CN1Cc2ccccc2C1. The Kier molecular flexibility index (Phi) is 19.9. The number of nitrogens with zero attached hydrogens (tertiary/aromatic N) is 4. The summed E-state index contributed by atoms with van der Waals surface area (Å²) >= 11 is 0. The second kappa shape index (κ2) is 21.3. The van der Waals surface area contributed by atoms with Crippen molar-refractivity contribution in [2.45, 2.75) is 88.0 Å². The molecular weight excluding hydrogens is 476 g/mol. The molecule has 2 aromatic carbocycles. The molecule has 0 amide bonds. The van der Waals surface area contributed by atoms with Gasteiger partial charge < -0.3 is 9.80 Å². The maximum Gasteiger partial charge on any atom is 0.0461 e. The monoisotopic (exact) mass is 534 g/mol. The molecule has 0 spiro atoms. The van der Waals surface area contributed by atoms with Gasteiger partial charge in [0.25, 0.3) is 0 Å². The predicted molar refractivity (Wildman–Crippen MR) is 173 cm³/mol. The van der Waals surface area contributed by atoms with Gasteiger partial charge in [-0.1, -0.05) is 104 Å². The van der Waals surface area contributed by atoms with Crippen LogP contribution >= 0.6 is 0 Å². The van der Waals surface area contributed by atoms with Crippen LogP contribution in [0.2, 0.25) is 0 Å². The van der Waals surface area contributed by atoms with Gasteiger partial charge in [0.1, 0.15) is 0 Å². The number of rotatable bonds is 0. The average Bonchev–Trinajstić information content (AvgIpc) is 3.37. The van der Waals surface area contributed by atoms with Crippen LogP contribution in [0, 0.1) is 0 Å². The summed E-state index contributed by atoms with van der Waals surface area (Å²) in [6, 6.07) is 21.5. The summed E-state index contributed by atoms with van der Waals surface area (Å²) in [5.74, 6) is 0. The van der Waals surface area contributed by atoms with Crippen molar-refractivity contribution in [3.05, 3.63) is 100 Å². The molecule has 0 atom stereocenters. The number of hydrogen-bond donors (Lipinski definition) is 0. The number of hydrogen-bond acceptors (Lipinski definition) is 4. The first-order valence-electron chi connectivity index (χ1n) is 14.7. The first-order valence-corrected chi connectivity index (χ1v) is 14.7. The molecule has 4 heteroatoms. The molecule has 0 unspecified atom stereocenters. The van der Waals surface area contributed by atoms with Crippen molar-refractivity contribution in [3.8, 4) is 0 Å². The highest BCUT2D eigenvalue weighted by atomic mass is 15.1. The van der Waals surface area contributed by atoms with Crippen LogP contribution in [0.4, 0.5) is 0 Å². The third-order valence-corrected chi connectivity index (χ3v) is 6.48. The van der Waals surface area contributed by atoms with Crippen LogP contribution in [0.5, 0.6) is 0 Å². The van der Waals surface area contributed by atoms with Crippen LogP contribution in [0.25, 0.3) is 0 Å². The van der Waals surface area contributed by atoms with Crippen molar-refractivity contribution < 1.29 is 0 Å². The second-order valence-corrected chi connectivity index (χ2v) is 9.29. The smallest absolute Gasteiger partial charge is 0.0461 e. The minimum Gasteiger partial charge on any atom is -0.302 e. The normalized spacial score (nSPS) is 15.0. The number of likely N-dealkylation sites (N-methyl/N-ethyl adjacent to an activating group) is 2. The first kappa shape index (κ1) is 36.5. The van der Waals surface area contributed by atoms with Crippen molar-refractivity contribution in [2.24, 2.45) is 0 Å². The molecule has 6 rings (SSSR count). The molecule has 39 heavy (non-hydrogen) atoms. The number of benzene rings is 2. The average molecular weight is 535 g/mol. The van der Waals surface area contributed by atoms with Crippen molar-refractivity contribution in [3.63, 3.8) is 0 Å². The van der Waals surface area contributed by atoms with Gasteiger partial charge in [0, 0.05) is 57.6 Å². The fraction of sp³-hybridized carbons (Fsp3) is 0.514. The molecule has 4 nitrogen and oxygen atoms in total. The number of fused-ring (bicyclic) bond motifs is 3. The molecule has 1 aromatic heterocycles. The molecule has 3 aliphatic rings. The molecule has 0 radical (unpaired) electrons. The molecule has 218 valence electrons. The number of pyridine rings is 1. The van der Waals surface area contributed by atoms with Gasteiger partial charge in [0.2, 0.25) is 0 Å². The molecule has 0 N–H and O–H groups in total. The van der Waals surface area contributed by atoms with Gasteiger partial charge in [0.05, 0.1) is 0 Å².